The third kappa shape index (κ3) is 2.05. The van der Waals surface area contributed by atoms with E-state index in [0.717, 1.165) is 35.4 Å². The topological polar surface area (TPSA) is 66.5 Å². The molecule has 1 atom stereocenters. The molecule has 2 heterocycles. The van der Waals surface area contributed by atoms with E-state index in [1.807, 2.05) is 6.92 Å². The van der Waals surface area contributed by atoms with Gasteiger partial charge in [-0.05, 0) is 37.3 Å². The number of aromatic nitrogens is 4. The number of fused-ring (bicyclic) bond motifs is 2. The smallest absolute Gasteiger partial charge is 0.158 e. The lowest BCUT2D eigenvalue weighted by Crippen LogP contribution is -2.18. The summed E-state index contributed by atoms with van der Waals surface area (Å²) in [5, 5.41) is 10.9. The molecule has 5 nitrogen and oxygen atoms in total. The highest BCUT2D eigenvalue weighted by atomic mass is 15.2. The summed E-state index contributed by atoms with van der Waals surface area (Å²) in [5.74, 6) is 0.811. The largest absolute Gasteiger partial charge is 0.361 e. The van der Waals surface area contributed by atoms with Crippen LogP contribution in [0.3, 0.4) is 0 Å². The summed E-state index contributed by atoms with van der Waals surface area (Å²) >= 11 is 0. The van der Waals surface area contributed by atoms with Crippen LogP contribution >= 0.6 is 0 Å². The first kappa shape index (κ1) is 12.3. The minimum atomic E-state index is 0.296. The number of aryl methyl sites for hydroxylation is 2. The molecule has 2 aromatic heterocycles. The highest BCUT2D eigenvalue weighted by Gasteiger charge is 2.21. The zero-order valence-electron chi connectivity index (χ0n) is 11.9. The third-order valence-electron chi connectivity index (χ3n) is 4.19. The van der Waals surface area contributed by atoms with Crippen molar-refractivity contribution in [3.63, 3.8) is 0 Å². The Kier molecular flexibility index (Phi) is 2.84. The van der Waals surface area contributed by atoms with Gasteiger partial charge in [0.1, 0.15) is 11.8 Å². The number of anilines is 1. The van der Waals surface area contributed by atoms with Crippen LogP contribution in [0.2, 0.25) is 0 Å². The molecule has 21 heavy (non-hydrogen) atoms. The van der Waals surface area contributed by atoms with Crippen molar-refractivity contribution in [2.45, 2.75) is 32.2 Å². The van der Waals surface area contributed by atoms with Gasteiger partial charge in [-0.1, -0.05) is 24.3 Å². The average molecular weight is 279 g/mol. The normalized spacial score (nSPS) is 17.7. The van der Waals surface area contributed by atoms with Crippen molar-refractivity contribution in [2.24, 2.45) is 0 Å². The zero-order chi connectivity index (χ0) is 14.2. The third-order valence-corrected chi connectivity index (χ3v) is 4.19. The number of nitrogens with zero attached hydrogens (tertiary/aromatic N) is 3. The molecule has 0 amide bonds. The van der Waals surface area contributed by atoms with E-state index in [9.17, 15) is 0 Å². The summed E-state index contributed by atoms with van der Waals surface area (Å²) in [6, 6.07) is 8.94. The molecule has 0 aliphatic heterocycles. The number of hydrogen-bond acceptors (Lipinski definition) is 4. The van der Waals surface area contributed by atoms with Crippen LogP contribution in [-0.2, 0) is 6.42 Å². The maximum atomic E-state index is 4.38. The highest BCUT2D eigenvalue weighted by molar-refractivity contribution is 5.86. The molecule has 2 N–H and O–H groups in total. The van der Waals surface area contributed by atoms with Crippen molar-refractivity contribution >= 4 is 16.9 Å². The predicted octanol–water partition coefficient (Wildman–Crippen LogP) is 3.15. The molecule has 4 rings (SSSR count). The number of H-pyrrole nitrogens is 1. The molecule has 1 unspecified atom stereocenters. The van der Waals surface area contributed by atoms with E-state index in [2.05, 4.69) is 49.7 Å². The van der Waals surface area contributed by atoms with E-state index in [1.54, 1.807) is 6.33 Å². The first-order chi connectivity index (χ1) is 10.3. The average Bonchev–Trinajstić information content (AvgIpc) is 2.90. The number of benzene rings is 1. The lowest BCUT2D eigenvalue weighted by molar-refractivity contribution is 0.599. The summed E-state index contributed by atoms with van der Waals surface area (Å²) in [7, 11) is 0. The molecule has 0 radical (unpaired) electrons. The lowest BCUT2D eigenvalue weighted by atomic mass is 9.88. The van der Waals surface area contributed by atoms with E-state index in [0.29, 0.717) is 6.04 Å². The van der Waals surface area contributed by atoms with E-state index in [4.69, 9.17) is 0 Å². The minimum Gasteiger partial charge on any atom is -0.361 e. The number of hydrogen-bond donors (Lipinski definition) is 2. The molecular weight excluding hydrogens is 262 g/mol. The fraction of sp³-hybridized carbons (Fsp3) is 0.312. The van der Waals surface area contributed by atoms with E-state index >= 15 is 0 Å². The summed E-state index contributed by atoms with van der Waals surface area (Å²) < 4.78 is 0. The Bertz CT molecular complexity index is 792. The van der Waals surface area contributed by atoms with Crippen LogP contribution < -0.4 is 5.32 Å². The highest BCUT2D eigenvalue weighted by Crippen LogP contribution is 2.33. The van der Waals surface area contributed by atoms with Crippen LogP contribution in [0, 0.1) is 6.92 Å². The van der Waals surface area contributed by atoms with Gasteiger partial charge in [-0.3, -0.25) is 5.10 Å². The van der Waals surface area contributed by atoms with Crippen molar-refractivity contribution in [3.8, 4) is 0 Å². The maximum absolute atomic E-state index is 4.38. The standard InChI is InChI=1S/C16H17N5/c1-10-14-15(21-20-10)16(18-9-17-14)19-13-8-4-6-11-5-2-3-7-12(11)13/h2-3,5,7,9,13H,4,6,8H2,1H3,(H,20,21)(H,17,18,19). The minimum absolute atomic E-state index is 0.296. The molecule has 5 heteroatoms. The van der Waals surface area contributed by atoms with Crippen molar-refractivity contribution in [1.29, 1.82) is 0 Å². The molecule has 0 spiro atoms. The second kappa shape index (κ2) is 4.84. The Hall–Kier alpha value is -2.43. The molecule has 1 aromatic carbocycles. The van der Waals surface area contributed by atoms with Crippen LogP contribution in [0.15, 0.2) is 30.6 Å². The summed E-state index contributed by atoms with van der Waals surface area (Å²) in [6.07, 6.45) is 5.07. The van der Waals surface area contributed by atoms with Gasteiger partial charge in [0.05, 0.1) is 11.7 Å². The fourth-order valence-electron chi connectivity index (χ4n) is 3.13. The zero-order valence-corrected chi connectivity index (χ0v) is 11.9. The Labute approximate surface area is 122 Å². The second-order valence-corrected chi connectivity index (χ2v) is 5.56. The molecule has 0 bridgehead atoms. The Morgan fingerprint density at radius 3 is 3.05 bits per heavy atom. The van der Waals surface area contributed by atoms with Crippen molar-refractivity contribution in [2.75, 3.05) is 5.32 Å². The molecule has 3 aromatic rings. The first-order valence-corrected chi connectivity index (χ1v) is 7.33. The summed E-state index contributed by atoms with van der Waals surface area (Å²) in [5.41, 5.74) is 5.49. The SMILES string of the molecule is Cc1[nH]nc2c(NC3CCCc4ccccc43)ncnc12. The number of nitrogens with one attached hydrogen (secondary N) is 2. The van der Waals surface area contributed by atoms with E-state index in [1.165, 1.54) is 17.5 Å². The van der Waals surface area contributed by atoms with Crippen LogP contribution in [0.5, 0.6) is 0 Å². The fourth-order valence-corrected chi connectivity index (χ4v) is 3.13. The Balaban J connectivity index is 1.73. The quantitative estimate of drug-likeness (QED) is 0.756. The summed E-state index contributed by atoms with van der Waals surface area (Å²) in [4.78, 5) is 8.68. The molecule has 0 saturated carbocycles. The molecule has 1 aliphatic rings. The van der Waals surface area contributed by atoms with Crippen molar-refractivity contribution in [3.05, 3.63) is 47.4 Å². The maximum Gasteiger partial charge on any atom is 0.158 e. The monoisotopic (exact) mass is 279 g/mol. The molecule has 1 aliphatic carbocycles. The van der Waals surface area contributed by atoms with Gasteiger partial charge in [0.15, 0.2) is 11.3 Å². The van der Waals surface area contributed by atoms with Crippen molar-refractivity contribution < 1.29 is 0 Å². The van der Waals surface area contributed by atoms with Crippen LogP contribution in [-0.4, -0.2) is 20.2 Å². The Morgan fingerprint density at radius 2 is 2.10 bits per heavy atom. The van der Waals surface area contributed by atoms with Gasteiger partial charge in [0.25, 0.3) is 0 Å². The predicted molar refractivity (Wildman–Crippen MR) is 82.2 cm³/mol. The Morgan fingerprint density at radius 1 is 1.19 bits per heavy atom. The van der Waals surface area contributed by atoms with Crippen LogP contribution in [0.4, 0.5) is 5.82 Å². The number of rotatable bonds is 2. The van der Waals surface area contributed by atoms with Gasteiger partial charge in [-0.25, -0.2) is 9.97 Å². The first-order valence-electron chi connectivity index (χ1n) is 7.33. The van der Waals surface area contributed by atoms with Gasteiger partial charge in [0, 0.05) is 0 Å². The van der Waals surface area contributed by atoms with Gasteiger partial charge in [-0.2, -0.15) is 5.10 Å². The van der Waals surface area contributed by atoms with E-state index < -0.39 is 0 Å². The molecular formula is C16H17N5. The second-order valence-electron chi connectivity index (χ2n) is 5.56. The van der Waals surface area contributed by atoms with Gasteiger partial charge in [-0.15, -0.1) is 0 Å². The van der Waals surface area contributed by atoms with Gasteiger partial charge < -0.3 is 5.32 Å². The van der Waals surface area contributed by atoms with Crippen LogP contribution in [0.1, 0.15) is 35.7 Å². The van der Waals surface area contributed by atoms with Gasteiger partial charge >= 0.3 is 0 Å². The van der Waals surface area contributed by atoms with Crippen LogP contribution in [0.25, 0.3) is 11.0 Å². The van der Waals surface area contributed by atoms with Crippen molar-refractivity contribution in [1.82, 2.24) is 20.2 Å². The molecule has 106 valence electrons. The van der Waals surface area contributed by atoms with Gasteiger partial charge in [0.2, 0.25) is 0 Å². The molecule has 0 saturated heterocycles. The lowest BCUT2D eigenvalue weighted by Gasteiger charge is -2.26. The number of aromatic amines is 1. The summed E-state index contributed by atoms with van der Waals surface area (Å²) in [6.45, 7) is 1.97. The molecule has 0 fully saturated rings. The van der Waals surface area contributed by atoms with E-state index in [-0.39, 0.29) is 0 Å².